The Bertz CT molecular complexity index is 682. The number of ether oxygens (including phenoxy) is 1. The van der Waals surface area contributed by atoms with E-state index in [0.717, 1.165) is 17.8 Å². The van der Waals surface area contributed by atoms with Crippen LogP contribution in [0.5, 0.6) is 0 Å². The summed E-state index contributed by atoms with van der Waals surface area (Å²) in [6, 6.07) is 7.22. The smallest absolute Gasteiger partial charge is 0.339 e. The van der Waals surface area contributed by atoms with Gasteiger partial charge in [-0.1, -0.05) is 12.1 Å². The van der Waals surface area contributed by atoms with Crippen molar-refractivity contribution in [1.82, 2.24) is 5.32 Å². The summed E-state index contributed by atoms with van der Waals surface area (Å²) in [6.07, 6.45) is 7.92. The van der Waals surface area contributed by atoms with Crippen LogP contribution in [0.4, 0.5) is 0 Å². The molecule has 4 aliphatic rings. The van der Waals surface area contributed by atoms with Crippen molar-refractivity contribution >= 4 is 27.8 Å². The topological polar surface area (TPSA) is 55.4 Å². The third kappa shape index (κ3) is 3.42. The Labute approximate surface area is 163 Å². The molecule has 0 radical (unpaired) electrons. The summed E-state index contributed by atoms with van der Waals surface area (Å²) >= 11 is 3.33. The van der Waals surface area contributed by atoms with Gasteiger partial charge in [0.1, 0.15) is 0 Å². The molecule has 1 N–H and O–H groups in total. The first-order chi connectivity index (χ1) is 12.4. The van der Waals surface area contributed by atoms with Crippen molar-refractivity contribution in [3.63, 3.8) is 0 Å². The van der Waals surface area contributed by atoms with Crippen LogP contribution in [0.3, 0.4) is 0 Å². The zero-order valence-electron chi connectivity index (χ0n) is 15.2. The Morgan fingerprint density at radius 3 is 2.31 bits per heavy atom. The van der Waals surface area contributed by atoms with Crippen LogP contribution < -0.4 is 5.32 Å². The molecule has 0 saturated heterocycles. The normalized spacial score (nSPS) is 32.9. The number of amides is 1. The first-order valence-electron chi connectivity index (χ1n) is 9.66. The van der Waals surface area contributed by atoms with Gasteiger partial charge in [0.05, 0.1) is 5.56 Å². The number of halogens is 1. The van der Waals surface area contributed by atoms with Gasteiger partial charge in [0, 0.05) is 10.5 Å². The number of rotatable bonds is 5. The van der Waals surface area contributed by atoms with Crippen LogP contribution in [0.25, 0.3) is 0 Å². The minimum absolute atomic E-state index is 0.144. The van der Waals surface area contributed by atoms with Gasteiger partial charge in [-0.3, -0.25) is 4.79 Å². The first-order valence-corrected chi connectivity index (χ1v) is 10.5. The van der Waals surface area contributed by atoms with Crippen LogP contribution in [-0.4, -0.2) is 24.5 Å². The Kier molecular flexibility index (Phi) is 4.84. The molecule has 0 spiro atoms. The molecule has 4 fully saturated rings. The van der Waals surface area contributed by atoms with Gasteiger partial charge in [-0.05, 0) is 96.7 Å². The van der Waals surface area contributed by atoms with Crippen molar-refractivity contribution < 1.29 is 14.3 Å². The third-order valence-electron chi connectivity index (χ3n) is 6.81. The van der Waals surface area contributed by atoms with E-state index >= 15 is 0 Å². The van der Waals surface area contributed by atoms with Crippen molar-refractivity contribution in [3.8, 4) is 0 Å². The second-order valence-corrected chi connectivity index (χ2v) is 9.48. The zero-order valence-corrected chi connectivity index (χ0v) is 16.8. The minimum Gasteiger partial charge on any atom is -0.452 e. The maximum Gasteiger partial charge on any atom is 0.339 e. The van der Waals surface area contributed by atoms with E-state index in [1.54, 1.807) is 18.2 Å². The Balaban J connectivity index is 1.32. The van der Waals surface area contributed by atoms with Gasteiger partial charge in [0.15, 0.2) is 6.61 Å². The molecule has 4 bridgehead atoms. The van der Waals surface area contributed by atoms with E-state index in [9.17, 15) is 9.59 Å². The Morgan fingerprint density at radius 2 is 1.73 bits per heavy atom. The maximum absolute atomic E-state index is 12.4. The van der Waals surface area contributed by atoms with Gasteiger partial charge >= 0.3 is 5.97 Å². The molecular weight excluding hydrogens is 394 g/mol. The average molecular weight is 420 g/mol. The summed E-state index contributed by atoms with van der Waals surface area (Å²) in [5.74, 6) is 1.89. The number of benzene rings is 1. The maximum atomic E-state index is 12.4. The minimum atomic E-state index is -0.477. The molecule has 1 unspecified atom stereocenters. The Morgan fingerprint density at radius 1 is 1.15 bits per heavy atom. The van der Waals surface area contributed by atoms with E-state index in [2.05, 4.69) is 28.2 Å². The van der Waals surface area contributed by atoms with Crippen molar-refractivity contribution in [3.05, 3.63) is 34.3 Å². The molecule has 5 rings (SSSR count). The lowest BCUT2D eigenvalue weighted by atomic mass is 9.48. The summed E-state index contributed by atoms with van der Waals surface area (Å²) in [6.45, 7) is 1.91. The molecule has 140 valence electrons. The summed E-state index contributed by atoms with van der Waals surface area (Å²) in [5, 5.41) is 3.13. The monoisotopic (exact) mass is 419 g/mol. The molecule has 4 saturated carbocycles. The van der Waals surface area contributed by atoms with E-state index in [1.165, 1.54) is 38.5 Å². The molecule has 4 nitrogen and oxygen atoms in total. The molecule has 4 aliphatic carbocycles. The first kappa shape index (κ1) is 18.0. The Hall–Kier alpha value is -1.36. The van der Waals surface area contributed by atoms with Gasteiger partial charge in [-0.15, -0.1) is 0 Å². The molecular formula is C21H26BrNO3. The number of hydrogen-bond donors (Lipinski definition) is 1. The number of nitrogens with one attached hydrogen (secondary N) is 1. The number of carbonyl (C=O) groups excluding carboxylic acids is 2. The number of carbonyl (C=O) groups is 2. The summed E-state index contributed by atoms with van der Waals surface area (Å²) in [7, 11) is 0. The van der Waals surface area contributed by atoms with Crippen LogP contribution in [0.1, 0.15) is 55.8 Å². The van der Waals surface area contributed by atoms with Crippen LogP contribution in [0, 0.1) is 23.2 Å². The standard InChI is InChI=1S/C21H26BrNO3/c1-13(21-9-14-6-15(10-21)8-16(7-14)11-21)23-19(24)12-26-20(25)17-4-2-3-5-18(17)22/h2-5,13-16H,6-12H2,1H3,(H,23,24). The summed E-state index contributed by atoms with van der Waals surface area (Å²) in [4.78, 5) is 24.5. The number of esters is 1. The van der Waals surface area contributed by atoms with Crippen LogP contribution in [0.2, 0.25) is 0 Å². The molecule has 0 aliphatic heterocycles. The predicted octanol–water partition coefficient (Wildman–Crippen LogP) is 4.33. The van der Waals surface area contributed by atoms with E-state index < -0.39 is 5.97 Å². The highest BCUT2D eigenvalue weighted by atomic mass is 79.9. The average Bonchev–Trinajstić information content (AvgIpc) is 2.59. The van der Waals surface area contributed by atoms with Crippen LogP contribution >= 0.6 is 15.9 Å². The van der Waals surface area contributed by atoms with Crippen LogP contribution in [0.15, 0.2) is 28.7 Å². The highest BCUT2D eigenvalue weighted by Gasteiger charge is 2.53. The predicted molar refractivity (Wildman–Crippen MR) is 103 cm³/mol. The second kappa shape index (κ2) is 6.99. The van der Waals surface area contributed by atoms with E-state index in [1.807, 2.05) is 6.07 Å². The molecule has 1 aromatic carbocycles. The summed E-state index contributed by atoms with van der Waals surface area (Å²) < 4.78 is 5.88. The van der Waals surface area contributed by atoms with Crippen LogP contribution in [-0.2, 0) is 9.53 Å². The largest absolute Gasteiger partial charge is 0.452 e. The van der Waals surface area contributed by atoms with Gasteiger partial charge in [0.2, 0.25) is 0 Å². The highest BCUT2D eigenvalue weighted by molar-refractivity contribution is 9.10. The van der Waals surface area contributed by atoms with Crippen molar-refractivity contribution in [2.45, 2.75) is 51.5 Å². The van der Waals surface area contributed by atoms with Crippen molar-refractivity contribution in [2.24, 2.45) is 23.2 Å². The second-order valence-electron chi connectivity index (χ2n) is 8.63. The SMILES string of the molecule is CC(NC(=O)COC(=O)c1ccccc1Br)C12CC3CC(CC(C3)C1)C2. The molecule has 0 heterocycles. The lowest BCUT2D eigenvalue weighted by Crippen LogP contribution is -2.56. The van der Waals surface area contributed by atoms with Crippen molar-refractivity contribution in [2.75, 3.05) is 6.61 Å². The van der Waals surface area contributed by atoms with Gasteiger partial charge in [0.25, 0.3) is 5.91 Å². The van der Waals surface area contributed by atoms with E-state index in [0.29, 0.717) is 10.0 Å². The molecule has 1 atom stereocenters. The van der Waals surface area contributed by atoms with Crippen molar-refractivity contribution in [1.29, 1.82) is 0 Å². The quantitative estimate of drug-likeness (QED) is 0.722. The fraction of sp³-hybridized carbons (Fsp3) is 0.619. The lowest BCUT2D eigenvalue weighted by molar-refractivity contribution is -0.128. The van der Waals surface area contributed by atoms with E-state index in [4.69, 9.17) is 4.74 Å². The van der Waals surface area contributed by atoms with Gasteiger partial charge in [-0.2, -0.15) is 0 Å². The summed E-state index contributed by atoms with van der Waals surface area (Å²) in [5.41, 5.74) is 0.700. The molecule has 1 amide bonds. The van der Waals surface area contributed by atoms with Gasteiger partial charge < -0.3 is 10.1 Å². The fourth-order valence-electron chi connectivity index (χ4n) is 5.98. The fourth-order valence-corrected chi connectivity index (χ4v) is 6.43. The highest BCUT2D eigenvalue weighted by Crippen LogP contribution is 2.61. The molecule has 0 aromatic heterocycles. The zero-order chi connectivity index (χ0) is 18.3. The van der Waals surface area contributed by atoms with Gasteiger partial charge in [-0.25, -0.2) is 4.79 Å². The molecule has 26 heavy (non-hydrogen) atoms. The number of hydrogen-bond acceptors (Lipinski definition) is 3. The van der Waals surface area contributed by atoms with E-state index in [-0.39, 0.29) is 24.0 Å². The molecule has 1 aromatic rings. The third-order valence-corrected chi connectivity index (χ3v) is 7.50. The molecule has 5 heteroatoms. The lowest BCUT2D eigenvalue weighted by Gasteiger charge is -2.59.